The largest absolute Gasteiger partial charge is 0.271 e. The number of nitrogens with two attached hydrogens (primary N) is 1. The average molecular weight is 365 g/mol. The van der Waals surface area contributed by atoms with E-state index in [4.69, 9.17) is 5.84 Å². The van der Waals surface area contributed by atoms with Crippen molar-refractivity contribution < 1.29 is 8.42 Å². The summed E-state index contributed by atoms with van der Waals surface area (Å²) in [7, 11) is -1.20. The maximum absolute atomic E-state index is 12.2. The van der Waals surface area contributed by atoms with E-state index in [9.17, 15) is 8.42 Å². The molecule has 1 aliphatic rings. The van der Waals surface area contributed by atoms with Crippen molar-refractivity contribution in [3.63, 3.8) is 0 Å². The molecule has 0 bridgehead atoms. The second-order valence-electron chi connectivity index (χ2n) is 5.35. The summed E-state index contributed by atoms with van der Waals surface area (Å²) in [5, 5.41) is 3.92. The fourth-order valence-electron chi connectivity index (χ4n) is 2.84. The Hall–Kier alpha value is -0.440. The first-order valence-corrected chi connectivity index (χ1v) is 9.23. The van der Waals surface area contributed by atoms with E-state index >= 15 is 0 Å². The summed E-state index contributed by atoms with van der Waals surface area (Å²) in [6.07, 6.45) is 2.91. The first kappa shape index (κ1) is 15.9. The van der Waals surface area contributed by atoms with Crippen molar-refractivity contribution in [2.75, 3.05) is 5.75 Å². The van der Waals surface area contributed by atoms with Crippen molar-refractivity contribution in [2.24, 2.45) is 12.9 Å². The van der Waals surface area contributed by atoms with Gasteiger partial charge < -0.3 is 0 Å². The third-order valence-corrected chi connectivity index (χ3v) is 7.34. The van der Waals surface area contributed by atoms with Crippen LogP contribution in [-0.4, -0.2) is 35.2 Å². The molecule has 1 aromatic rings. The summed E-state index contributed by atoms with van der Waals surface area (Å²) in [6.45, 7) is 1.91. The molecule has 1 aliphatic heterocycles. The lowest BCUT2D eigenvalue weighted by molar-refractivity contribution is 0.433. The van der Waals surface area contributed by atoms with Crippen LogP contribution in [0.25, 0.3) is 0 Å². The Morgan fingerprint density at radius 2 is 2.25 bits per heavy atom. The molecule has 0 radical (unpaired) electrons. The van der Waals surface area contributed by atoms with E-state index in [1.165, 1.54) is 0 Å². The molecule has 1 aromatic heterocycles. The van der Waals surface area contributed by atoms with Crippen LogP contribution in [-0.2, 0) is 23.3 Å². The fraction of sp³-hybridized carbons (Fsp3) is 0.750. The summed E-state index contributed by atoms with van der Waals surface area (Å²) >= 11 is 3.51. The molecular formula is C12H21BrN4O2S. The molecule has 2 rings (SSSR count). The highest BCUT2D eigenvalue weighted by molar-refractivity contribution is 9.10. The summed E-state index contributed by atoms with van der Waals surface area (Å²) in [4.78, 5) is 0. The standard InChI is InChI=1S/C12H21BrN4O2S/c1-8-12(13)10(17(2)16-8)7-9(15-14)11-5-3-4-6-20(11,18)19/h9,11,15H,3-7,14H2,1-2H3. The minimum atomic E-state index is -3.06. The van der Waals surface area contributed by atoms with Crippen LogP contribution in [0.2, 0.25) is 0 Å². The lowest BCUT2D eigenvalue weighted by atomic mass is 10.0. The van der Waals surface area contributed by atoms with Crippen molar-refractivity contribution in [1.82, 2.24) is 15.2 Å². The Morgan fingerprint density at radius 1 is 1.55 bits per heavy atom. The molecule has 0 saturated carbocycles. The molecule has 1 fully saturated rings. The van der Waals surface area contributed by atoms with E-state index in [1.54, 1.807) is 4.68 Å². The number of hydrazine groups is 1. The van der Waals surface area contributed by atoms with Gasteiger partial charge in [-0.25, -0.2) is 8.42 Å². The molecule has 0 spiro atoms. The smallest absolute Gasteiger partial charge is 0.154 e. The Kier molecular flexibility index (Phi) is 4.88. The van der Waals surface area contributed by atoms with Crippen LogP contribution in [0, 0.1) is 6.92 Å². The van der Waals surface area contributed by atoms with Crippen molar-refractivity contribution in [3.8, 4) is 0 Å². The van der Waals surface area contributed by atoms with Crippen molar-refractivity contribution in [1.29, 1.82) is 0 Å². The van der Waals surface area contributed by atoms with Crippen LogP contribution in [0.1, 0.15) is 30.7 Å². The lowest BCUT2D eigenvalue weighted by Gasteiger charge is -2.29. The quantitative estimate of drug-likeness (QED) is 0.610. The third-order valence-electron chi connectivity index (χ3n) is 3.97. The van der Waals surface area contributed by atoms with E-state index in [1.807, 2.05) is 14.0 Å². The van der Waals surface area contributed by atoms with Gasteiger partial charge >= 0.3 is 0 Å². The second-order valence-corrected chi connectivity index (χ2v) is 8.48. The van der Waals surface area contributed by atoms with Gasteiger partial charge in [-0.1, -0.05) is 6.42 Å². The van der Waals surface area contributed by atoms with Crippen molar-refractivity contribution in [2.45, 2.75) is 43.9 Å². The highest BCUT2D eigenvalue weighted by Crippen LogP contribution is 2.27. The molecule has 0 aliphatic carbocycles. The zero-order valence-corrected chi connectivity index (χ0v) is 14.2. The number of nitrogens with one attached hydrogen (secondary N) is 1. The van der Waals surface area contributed by atoms with Gasteiger partial charge in [0.05, 0.1) is 26.9 Å². The minimum Gasteiger partial charge on any atom is -0.271 e. The molecule has 2 heterocycles. The Balaban J connectivity index is 2.25. The maximum atomic E-state index is 12.2. The molecular weight excluding hydrogens is 344 g/mol. The first-order valence-electron chi connectivity index (χ1n) is 6.72. The molecule has 114 valence electrons. The number of rotatable bonds is 4. The molecule has 0 aromatic carbocycles. The van der Waals surface area contributed by atoms with Gasteiger partial charge in [-0.05, 0) is 35.7 Å². The zero-order valence-electron chi connectivity index (χ0n) is 11.8. The predicted octanol–water partition coefficient (Wildman–Crippen LogP) is 0.833. The number of halogens is 1. The third kappa shape index (κ3) is 3.08. The lowest BCUT2D eigenvalue weighted by Crippen LogP contribution is -2.50. The number of hydrogen-bond acceptors (Lipinski definition) is 5. The van der Waals surface area contributed by atoms with Gasteiger partial charge in [0.25, 0.3) is 0 Å². The van der Waals surface area contributed by atoms with Gasteiger partial charge in [-0.15, -0.1) is 0 Å². The van der Waals surface area contributed by atoms with E-state index in [0.29, 0.717) is 12.8 Å². The summed E-state index contributed by atoms with van der Waals surface area (Å²) in [5.41, 5.74) is 4.56. The molecule has 8 heteroatoms. The molecule has 3 N–H and O–H groups in total. The molecule has 6 nitrogen and oxygen atoms in total. The van der Waals surface area contributed by atoms with Crippen molar-refractivity contribution >= 4 is 25.8 Å². The Morgan fingerprint density at radius 3 is 2.75 bits per heavy atom. The minimum absolute atomic E-state index is 0.265. The molecule has 20 heavy (non-hydrogen) atoms. The average Bonchev–Trinajstić information content (AvgIpc) is 2.62. The number of hydrogen-bond donors (Lipinski definition) is 2. The van der Waals surface area contributed by atoms with Gasteiger partial charge in [0.1, 0.15) is 0 Å². The van der Waals surface area contributed by atoms with Crippen LogP contribution in [0.3, 0.4) is 0 Å². The maximum Gasteiger partial charge on any atom is 0.154 e. The normalized spacial score (nSPS) is 23.7. The van der Waals surface area contributed by atoms with Crippen LogP contribution in [0.4, 0.5) is 0 Å². The molecule has 2 atom stereocenters. The van der Waals surface area contributed by atoms with Crippen LogP contribution in [0.15, 0.2) is 4.47 Å². The first-order chi connectivity index (χ1) is 9.36. The Labute approximate surface area is 128 Å². The van der Waals surface area contributed by atoms with Gasteiger partial charge in [-0.3, -0.25) is 16.0 Å². The topological polar surface area (TPSA) is 90.0 Å². The Bertz CT molecular complexity index is 585. The number of sulfone groups is 1. The van der Waals surface area contributed by atoms with Gasteiger partial charge in [0, 0.05) is 19.5 Å². The second kappa shape index (κ2) is 6.13. The van der Waals surface area contributed by atoms with E-state index < -0.39 is 15.1 Å². The fourth-order valence-corrected chi connectivity index (χ4v) is 5.45. The van der Waals surface area contributed by atoms with Crippen LogP contribution in [0.5, 0.6) is 0 Å². The van der Waals surface area contributed by atoms with Gasteiger partial charge in [-0.2, -0.15) is 5.10 Å². The van der Waals surface area contributed by atoms with E-state index in [-0.39, 0.29) is 11.8 Å². The molecule has 2 unspecified atom stereocenters. The summed E-state index contributed by atoms with van der Waals surface area (Å²) in [6, 6.07) is -0.286. The van der Waals surface area contributed by atoms with Crippen LogP contribution >= 0.6 is 15.9 Å². The highest BCUT2D eigenvalue weighted by atomic mass is 79.9. The van der Waals surface area contributed by atoms with Gasteiger partial charge in [0.15, 0.2) is 9.84 Å². The summed E-state index contributed by atoms with van der Waals surface area (Å²) in [5.74, 6) is 5.89. The predicted molar refractivity (Wildman–Crippen MR) is 81.9 cm³/mol. The van der Waals surface area contributed by atoms with Crippen LogP contribution < -0.4 is 11.3 Å². The molecule has 0 amide bonds. The van der Waals surface area contributed by atoms with E-state index in [0.717, 1.165) is 28.7 Å². The monoisotopic (exact) mass is 364 g/mol. The highest BCUT2D eigenvalue weighted by Gasteiger charge is 2.36. The SMILES string of the molecule is Cc1nn(C)c(CC(NN)C2CCCCS2(=O)=O)c1Br. The van der Waals surface area contributed by atoms with Gasteiger partial charge in [0.2, 0.25) is 0 Å². The van der Waals surface area contributed by atoms with E-state index in [2.05, 4.69) is 26.5 Å². The van der Waals surface area contributed by atoms with Crippen molar-refractivity contribution in [3.05, 3.63) is 15.9 Å². The summed E-state index contributed by atoms with van der Waals surface area (Å²) < 4.78 is 27.1. The zero-order chi connectivity index (χ0) is 14.9. The molecule has 1 saturated heterocycles. The number of aromatic nitrogens is 2. The number of nitrogens with zero attached hydrogens (tertiary/aromatic N) is 2. The number of aryl methyl sites for hydroxylation is 2.